The van der Waals surface area contributed by atoms with Crippen LogP contribution in [0.25, 0.3) is 0 Å². The highest BCUT2D eigenvalue weighted by molar-refractivity contribution is 5.78. The lowest BCUT2D eigenvalue weighted by Crippen LogP contribution is -2.55. The first kappa shape index (κ1) is 14.8. The predicted molar refractivity (Wildman–Crippen MR) is 76.4 cm³/mol. The van der Waals surface area contributed by atoms with Gasteiger partial charge in [0, 0.05) is 38.3 Å². The number of nitrogens with zero attached hydrogens (tertiary/aromatic N) is 2. The molecule has 3 N–H and O–H groups in total. The van der Waals surface area contributed by atoms with Gasteiger partial charge in [0.15, 0.2) is 0 Å². The summed E-state index contributed by atoms with van der Waals surface area (Å²) in [5.41, 5.74) is 2.26. The van der Waals surface area contributed by atoms with Gasteiger partial charge in [-0.05, 0) is 19.8 Å². The number of piperazine rings is 1. The van der Waals surface area contributed by atoms with E-state index in [1.165, 1.54) is 25.7 Å². The van der Waals surface area contributed by atoms with Gasteiger partial charge in [0.2, 0.25) is 5.91 Å². The molecule has 0 radical (unpaired) electrons. The summed E-state index contributed by atoms with van der Waals surface area (Å²) in [6.45, 7) is 8.51. The van der Waals surface area contributed by atoms with Crippen LogP contribution in [0.5, 0.6) is 0 Å². The Morgan fingerprint density at radius 3 is 2.26 bits per heavy atom. The number of carbonyl (C=O) groups excluding carboxylic acids is 1. The molecule has 0 aromatic rings. The van der Waals surface area contributed by atoms with Crippen LogP contribution >= 0.6 is 0 Å². The minimum Gasteiger partial charge on any atom is -0.298 e. The molecule has 110 valence electrons. The molecular formula is C14H28N4O. The maximum Gasteiger partial charge on any atom is 0.238 e. The van der Waals surface area contributed by atoms with Crippen LogP contribution in [0.4, 0.5) is 0 Å². The van der Waals surface area contributed by atoms with Crippen LogP contribution in [0.15, 0.2) is 0 Å². The van der Waals surface area contributed by atoms with Crippen LogP contribution in [-0.2, 0) is 4.79 Å². The van der Waals surface area contributed by atoms with Crippen molar-refractivity contribution in [2.75, 3.05) is 26.2 Å². The second kappa shape index (κ2) is 6.68. The van der Waals surface area contributed by atoms with Crippen molar-refractivity contribution in [1.29, 1.82) is 0 Å². The van der Waals surface area contributed by atoms with Gasteiger partial charge in [-0.3, -0.25) is 20.0 Å². The van der Waals surface area contributed by atoms with Gasteiger partial charge in [-0.25, -0.2) is 5.84 Å². The average Bonchev–Trinajstić information content (AvgIpc) is 2.99. The third-order valence-electron chi connectivity index (χ3n) is 5.05. The van der Waals surface area contributed by atoms with E-state index in [4.69, 9.17) is 5.84 Å². The molecule has 2 rings (SSSR count). The Balaban J connectivity index is 1.80. The third-order valence-corrected chi connectivity index (χ3v) is 5.05. The zero-order chi connectivity index (χ0) is 13.8. The maximum absolute atomic E-state index is 11.6. The Bertz CT molecular complexity index is 296. The largest absolute Gasteiger partial charge is 0.298 e. The van der Waals surface area contributed by atoms with Gasteiger partial charge in [0.25, 0.3) is 0 Å². The molecule has 0 aromatic heterocycles. The lowest BCUT2D eigenvalue weighted by atomic mass is 10.0. The van der Waals surface area contributed by atoms with Crippen molar-refractivity contribution in [3.05, 3.63) is 0 Å². The number of rotatable bonds is 4. The van der Waals surface area contributed by atoms with Gasteiger partial charge < -0.3 is 0 Å². The van der Waals surface area contributed by atoms with E-state index >= 15 is 0 Å². The quantitative estimate of drug-likeness (QED) is 0.444. The molecular weight excluding hydrogens is 240 g/mol. The SMILES string of the molecule is CC(C(=O)NN)C(C)N1CCN(C2CCCC2)CC1. The lowest BCUT2D eigenvalue weighted by Gasteiger charge is -2.41. The molecule has 1 saturated heterocycles. The van der Waals surface area contributed by atoms with Crippen molar-refractivity contribution in [2.24, 2.45) is 11.8 Å². The van der Waals surface area contributed by atoms with Gasteiger partial charge in [-0.15, -0.1) is 0 Å². The normalized spacial score (nSPS) is 26.3. The number of nitrogens with two attached hydrogens (primary N) is 1. The van der Waals surface area contributed by atoms with E-state index in [9.17, 15) is 4.79 Å². The highest BCUT2D eigenvalue weighted by atomic mass is 16.2. The number of hydrazine groups is 1. The molecule has 1 amide bonds. The molecule has 1 aliphatic heterocycles. The Kier molecular flexibility index (Phi) is 5.19. The Labute approximate surface area is 116 Å². The fraction of sp³-hybridized carbons (Fsp3) is 0.929. The van der Waals surface area contributed by atoms with Crippen molar-refractivity contribution < 1.29 is 4.79 Å². The van der Waals surface area contributed by atoms with Crippen LogP contribution in [0.2, 0.25) is 0 Å². The van der Waals surface area contributed by atoms with Crippen LogP contribution in [-0.4, -0.2) is 54.0 Å². The van der Waals surface area contributed by atoms with Crippen molar-refractivity contribution >= 4 is 5.91 Å². The molecule has 2 unspecified atom stereocenters. The highest BCUT2D eigenvalue weighted by Gasteiger charge is 2.30. The van der Waals surface area contributed by atoms with E-state index in [0.29, 0.717) is 0 Å². The molecule has 1 saturated carbocycles. The highest BCUT2D eigenvalue weighted by Crippen LogP contribution is 2.25. The lowest BCUT2D eigenvalue weighted by molar-refractivity contribution is -0.126. The van der Waals surface area contributed by atoms with E-state index in [-0.39, 0.29) is 17.9 Å². The molecule has 5 heteroatoms. The number of hydrogen-bond donors (Lipinski definition) is 2. The summed E-state index contributed by atoms with van der Waals surface area (Å²) in [5, 5.41) is 0. The summed E-state index contributed by atoms with van der Waals surface area (Å²) >= 11 is 0. The van der Waals surface area contributed by atoms with Gasteiger partial charge in [0.05, 0.1) is 5.92 Å². The summed E-state index contributed by atoms with van der Waals surface area (Å²) in [4.78, 5) is 16.7. The number of amides is 1. The minimum atomic E-state index is -0.0641. The van der Waals surface area contributed by atoms with E-state index in [2.05, 4.69) is 22.1 Å². The zero-order valence-electron chi connectivity index (χ0n) is 12.3. The molecule has 1 aliphatic carbocycles. The van der Waals surface area contributed by atoms with Crippen molar-refractivity contribution in [2.45, 2.75) is 51.6 Å². The van der Waals surface area contributed by atoms with Gasteiger partial charge in [0.1, 0.15) is 0 Å². The topological polar surface area (TPSA) is 61.6 Å². The Hall–Kier alpha value is -0.650. The molecule has 0 aromatic carbocycles. The fourth-order valence-electron chi connectivity index (χ4n) is 3.45. The van der Waals surface area contributed by atoms with Crippen LogP contribution in [0.1, 0.15) is 39.5 Å². The second-order valence-corrected chi connectivity index (χ2v) is 6.05. The number of nitrogens with one attached hydrogen (secondary N) is 1. The summed E-state index contributed by atoms with van der Waals surface area (Å²) in [7, 11) is 0. The molecule has 2 aliphatic rings. The van der Waals surface area contributed by atoms with E-state index in [1.54, 1.807) is 0 Å². The van der Waals surface area contributed by atoms with Crippen molar-refractivity contribution in [3.63, 3.8) is 0 Å². The first-order valence-electron chi connectivity index (χ1n) is 7.62. The number of hydrogen-bond acceptors (Lipinski definition) is 4. The Morgan fingerprint density at radius 2 is 1.74 bits per heavy atom. The molecule has 5 nitrogen and oxygen atoms in total. The third kappa shape index (κ3) is 3.46. The summed E-state index contributed by atoms with van der Waals surface area (Å²) < 4.78 is 0. The number of carbonyl (C=O) groups is 1. The molecule has 2 fully saturated rings. The van der Waals surface area contributed by atoms with Crippen LogP contribution in [0.3, 0.4) is 0 Å². The zero-order valence-corrected chi connectivity index (χ0v) is 12.3. The standard InChI is InChI=1S/C14H28N4O/c1-11(14(19)16-15)12(2)17-7-9-18(10-8-17)13-5-3-4-6-13/h11-13H,3-10,15H2,1-2H3,(H,16,19). The molecule has 0 spiro atoms. The smallest absolute Gasteiger partial charge is 0.238 e. The summed E-state index contributed by atoms with van der Waals surface area (Å²) in [5.74, 6) is 5.10. The van der Waals surface area contributed by atoms with Gasteiger partial charge >= 0.3 is 0 Å². The van der Waals surface area contributed by atoms with Crippen LogP contribution in [0, 0.1) is 5.92 Å². The average molecular weight is 268 g/mol. The maximum atomic E-state index is 11.6. The molecule has 0 bridgehead atoms. The first-order valence-corrected chi connectivity index (χ1v) is 7.62. The summed E-state index contributed by atoms with van der Waals surface area (Å²) in [6.07, 6.45) is 5.55. The molecule has 1 heterocycles. The summed E-state index contributed by atoms with van der Waals surface area (Å²) in [6, 6.07) is 1.08. The van der Waals surface area contributed by atoms with Crippen molar-refractivity contribution in [3.8, 4) is 0 Å². The van der Waals surface area contributed by atoms with E-state index in [0.717, 1.165) is 32.2 Å². The second-order valence-electron chi connectivity index (χ2n) is 6.05. The molecule has 19 heavy (non-hydrogen) atoms. The monoisotopic (exact) mass is 268 g/mol. The fourth-order valence-corrected chi connectivity index (χ4v) is 3.45. The Morgan fingerprint density at radius 1 is 1.16 bits per heavy atom. The van der Waals surface area contributed by atoms with Gasteiger partial charge in [-0.1, -0.05) is 19.8 Å². The predicted octanol–water partition coefficient (Wildman–Crippen LogP) is 0.561. The van der Waals surface area contributed by atoms with E-state index in [1.807, 2.05) is 6.92 Å². The van der Waals surface area contributed by atoms with Gasteiger partial charge in [-0.2, -0.15) is 0 Å². The first-order chi connectivity index (χ1) is 9.13. The van der Waals surface area contributed by atoms with Crippen LogP contribution < -0.4 is 11.3 Å². The molecule has 2 atom stereocenters. The van der Waals surface area contributed by atoms with E-state index < -0.39 is 0 Å². The van der Waals surface area contributed by atoms with Crippen molar-refractivity contribution in [1.82, 2.24) is 15.2 Å². The minimum absolute atomic E-state index is 0.0527.